The molecule has 0 N–H and O–H groups in total. The van der Waals surface area contributed by atoms with Gasteiger partial charge < -0.3 is 23.8 Å². The van der Waals surface area contributed by atoms with Gasteiger partial charge in [0.1, 0.15) is 28.9 Å². The van der Waals surface area contributed by atoms with Gasteiger partial charge in [-0.25, -0.2) is 14.4 Å². The highest BCUT2D eigenvalue weighted by Crippen LogP contribution is 2.39. The summed E-state index contributed by atoms with van der Waals surface area (Å²) in [6.07, 6.45) is 2.97. The van der Waals surface area contributed by atoms with Crippen LogP contribution in [0.5, 0.6) is 0 Å². The van der Waals surface area contributed by atoms with Gasteiger partial charge in [-0.2, -0.15) is 0 Å². The topological polar surface area (TPSA) is 112 Å². The van der Waals surface area contributed by atoms with E-state index in [1.165, 1.54) is 9.80 Å². The number of hydrogen-bond donors (Lipinski definition) is 0. The summed E-state index contributed by atoms with van der Waals surface area (Å²) in [4.78, 5) is 56.6. The Morgan fingerprint density at radius 3 is 2.05 bits per heavy atom. The molecule has 1 aliphatic rings. The lowest BCUT2D eigenvalue weighted by Gasteiger charge is -2.36. The summed E-state index contributed by atoms with van der Waals surface area (Å²) < 4.78 is 22.8. The van der Waals surface area contributed by atoms with Crippen LogP contribution < -0.4 is 0 Å². The maximum Gasteiger partial charge on any atom is 0.411 e. The second kappa shape index (κ2) is 14.9. The van der Waals surface area contributed by atoms with Crippen molar-refractivity contribution in [2.45, 2.75) is 130 Å². The Hall–Kier alpha value is -3.56. The fourth-order valence-electron chi connectivity index (χ4n) is 4.90. The summed E-state index contributed by atoms with van der Waals surface area (Å²) in [6, 6.07) is 8.67. The maximum absolute atomic E-state index is 14.0. The zero-order chi connectivity index (χ0) is 33.3. The van der Waals surface area contributed by atoms with Crippen molar-refractivity contribution in [2.24, 2.45) is 0 Å². The standard InChI is InChI=1S/C34H52N2O8/c1-11-12-20-34(28(38)41-24-25-17-14-13-15-18-25)22-26(23-36(34)30(40)44-33(8,9)10)35(29(39)43-32(5,6)7)21-16-19-27(37)42-31(2,3)4/h11-15,17-18,26H,16,19-24H2,1-10H3/t26-,34?/m1/s1. The van der Waals surface area contributed by atoms with Crippen LogP contribution in [0.2, 0.25) is 0 Å². The fourth-order valence-corrected chi connectivity index (χ4v) is 4.90. The molecular formula is C34H52N2O8. The Morgan fingerprint density at radius 1 is 0.909 bits per heavy atom. The number of amides is 2. The highest BCUT2D eigenvalue weighted by Gasteiger charge is 2.57. The number of carbonyl (C=O) groups excluding carboxylic acids is 4. The first-order valence-electron chi connectivity index (χ1n) is 15.3. The average Bonchev–Trinajstić information content (AvgIpc) is 3.26. The van der Waals surface area contributed by atoms with Crippen LogP contribution in [0.25, 0.3) is 0 Å². The predicted octanol–water partition coefficient (Wildman–Crippen LogP) is 6.80. The summed E-state index contributed by atoms with van der Waals surface area (Å²) in [5, 5.41) is 0. The summed E-state index contributed by atoms with van der Waals surface area (Å²) in [7, 11) is 0. The van der Waals surface area contributed by atoms with E-state index in [0.717, 1.165) is 5.56 Å². The van der Waals surface area contributed by atoms with Gasteiger partial charge in [0.15, 0.2) is 0 Å². The van der Waals surface area contributed by atoms with Crippen LogP contribution in [0, 0.1) is 0 Å². The monoisotopic (exact) mass is 616 g/mol. The van der Waals surface area contributed by atoms with Gasteiger partial charge in [0.25, 0.3) is 0 Å². The maximum atomic E-state index is 14.0. The lowest BCUT2D eigenvalue weighted by atomic mass is 9.90. The highest BCUT2D eigenvalue weighted by molar-refractivity contribution is 5.87. The Balaban J connectivity index is 2.47. The number of esters is 2. The second-order valence-electron chi connectivity index (χ2n) is 14.2. The van der Waals surface area contributed by atoms with Gasteiger partial charge in [-0.1, -0.05) is 42.5 Å². The van der Waals surface area contributed by atoms with Crippen molar-refractivity contribution in [3.63, 3.8) is 0 Å². The van der Waals surface area contributed by atoms with Crippen molar-refractivity contribution in [2.75, 3.05) is 13.1 Å². The first-order valence-corrected chi connectivity index (χ1v) is 15.3. The summed E-state index contributed by atoms with van der Waals surface area (Å²) in [6.45, 7) is 18.0. The molecule has 1 fully saturated rings. The number of benzene rings is 1. The molecule has 1 aromatic carbocycles. The van der Waals surface area contributed by atoms with Crippen LogP contribution in [0.15, 0.2) is 42.5 Å². The molecule has 246 valence electrons. The third-order valence-electron chi connectivity index (χ3n) is 6.65. The largest absolute Gasteiger partial charge is 0.460 e. The first-order chi connectivity index (χ1) is 20.3. The van der Waals surface area contributed by atoms with Gasteiger partial charge in [0.2, 0.25) is 0 Å². The lowest BCUT2D eigenvalue weighted by molar-refractivity contribution is -0.157. The quantitative estimate of drug-likeness (QED) is 0.160. The van der Waals surface area contributed by atoms with E-state index < -0.39 is 46.5 Å². The SMILES string of the molecule is CC=CCC1(C(=O)OCc2ccccc2)C[C@@H](N(CCCC(=O)OC(C)(C)C)C(=O)OC(C)(C)C)CN1C(=O)OC(C)(C)C. The van der Waals surface area contributed by atoms with Crippen LogP contribution in [0.3, 0.4) is 0 Å². The van der Waals surface area contributed by atoms with Crippen LogP contribution in [0.4, 0.5) is 9.59 Å². The minimum absolute atomic E-state index is 0.0125. The molecule has 0 spiro atoms. The Kier molecular flexibility index (Phi) is 12.4. The molecule has 0 radical (unpaired) electrons. The van der Waals surface area contributed by atoms with Gasteiger partial charge >= 0.3 is 24.1 Å². The molecule has 2 rings (SSSR count). The molecule has 1 heterocycles. The van der Waals surface area contributed by atoms with Crippen molar-refractivity contribution in [3.05, 3.63) is 48.0 Å². The number of carbonyl (C=O) groups is 4. The van der Waals surface area contributed by atoms with Crippen LogP contribution in [-0.2, 0) is 35.1 Å². The number of allylic oxidation sites excluding steroid dienone is 1. The first kappa shape index (κ1) is 36.6. The molecule has 2 amide bonds. The van der Waals surface area contributed by atoms with Crippen LogP contribution in [-0.4, -0.2) is 75.4 Å². The van der Waals surface area contributed by atoms with E-state index in [1.807, 2.05) is 43.3 Å². The van der Waals surface area contributed by atoms with Crippen LogP contribution in [0.1, 0.15) is 100 Å². The number of nitrogens with zero attached hydrogens (tertiary/aromatic N) is 2. The predicted molar refractivity (Wildman–Crippen MR) is 168 cm³/mol. The summed E-state index contributed by atoms with van der Waals surface area (Å²) in [5.74, 6) is -0.971. The van der Waals surface area contributed by atoms with Gasteiger partial charge in [-0.3, -0.25) is 9.69 Å². The van der Waals surface area contributed by atoms with E-state index in [9.17, 15) is 19.2 Å². The molecule has 0 aromatic heterocycles. The van der Waals surface area contributed by atoms with E-state index in [1.54, 1.807) is 68.4 Å². The third-order valence-corrected chi connectivity index (χ3v) is 6.65. The van der Waals surface area contributed by atoms with Crippen molar-refractivity contribution in [1.82, 2.24) is 9.80 Å². The summed E-state index contributed by atoms with van der Waals surface area (Å²) in [5.41, 5.74) is -2.89. The molecule has 1 saturated heterocycles. The molecule has 0 aliphatic carbocycles. The normalized spacial score (nSPS) is 19.0. The summed E-state index contributed by atoms with van der Waals surface area (Å²) >= 11 is 0. The minimum Gasteiger partial charge on any atom is -0.460 e. The van der Waals surface area contributed by atoms with Crippen LogP contribution >= 0.6 is 0 Å². The molecule has 0 saturated carbocycles. The van der Waals surface area contributed by atoms with Gasteiger partial charge in [0, 0.05) is 25.9 Å². The van der Waals surface area contributed by atoms with E-state index in [0.29, 0.717) is 6.42 Å². The highest BCUT2D eigenvalue weighted by atomic mass is 16.6. The van der Waals surface area contributed by atoms with Gasteiger partial charge in [0.05, 0.1) is 6.04 Å². The lowest BCUT2D eigenvalue weighted by Crippen LogP contribution is -2.54. The van der Waals surface area contributed by atoms with Gasteiger partial charge in [-0.05, 0) is 87.6 Å². The third kappa shape index (κ3) is 11.5. The Morgan fingerprint density at radius 2 is 1.50 bits per heavy atom. The molecule has 1 aromatic rings. The smallest absolute Gasteiger partial charge is 0.411 e. The van der Waals surface area contributed by atoms with Gasteiger partial charge in [-0.15, -0.1) is 0 Å². The number of hydrogen-bond acceptors (Lipinski definition) is 8. The molecule has 1 unspecified atom stereocenters. The second-order valence-corrected chi connectivity index (χ2v) is 14.2. The molecule has 1 aliphatic heterocycles. The van der Waals surface area contributed by atoms with E-state index in [2.05, 4.69) is 0 Å². The Labute approximate surface area is 263 Å². The van der Waals surface area contributed by atoms with Crippen molar-refractivity contribution in [3.8, 4) is 0 Å². The minimum atomic E-state index is -1.44. The number of rotatable bonds is 10. The Bertz CT molecular complexity index is 1160. The van der Waals surface area contributed by atoms with E-state index in [-0.39, 0.29) is 44.9 Å². The number of ether oxygens (including phenoxy) is 4. The molecule has 2 atom stereocenters. The fraction of sp³-hybridized carbons (Fsp3) is 0.647. The number of likely N-dealkylation sites (tertiary alicyclic amines) is 1. The molecule has 44 heavy (non-hydrogen) atoms. The van der Waals surface area contributed by atoms with E-state index >= 15 is 0 Å². The van der Waals surface area contributed by atoms with Crippen molar-refractivity contribution >= 4 is 24.1 Å². The van der Waals surface area contributed by atoms with E-state index in [4.69, 9.17) is 18.9 Å². The van der Waals surface area contributed by atoms with Crippen molar-refractivity contribution in [1.29, 1.82) is 0 Å². The zero-order valence-corrected chi connectivity index (χ0v) is 28.2. The average molecular weight is 617 g/mol. The molecular weight excluding hydrogens is 564 g/mol. The molecule has 0 bridgehead atoms. The molecule has 10 nitrogen and oxygen atoms in total. The zero-order valence-electron chi connectivity index (χ0n) is 28.2. The molecule has 10 heteroatoms. The van der Waals surface area contributed by atoms with Crippen molar-refractivity contribution < 1.29 is 38.1 Å².